The van der Waals surface area contributed by atoms with E-state index in [1.807, 2.05) is 89.2 Å². The SMILES string of the molecule is CC(C)(C)C(=[N-])C(C)(C)C.CC(C)(C)C(=[N-])C(C)(C)C.Cc1cccc(C)c1[N]=[V][Cl]. The average Bonchev–Trinajstić information content (AvgIpc) is 2.55. The molecule has 31 heavy (non-hydrogen) atoms. The summed E-state index contributed by atoms with van der Waals surface area (Å²) in [5.74, 6) is 0. The molecule has 0 aliphatic rings. The second-order valence-electron chi connectivity index (χ2n) is 12.1. The Balaban J connectivity index is 0. The third-order valence-electron chi connectivity index (χ3n) is 4.42. The Morgan fingerprint density at radius 2 is 0.935 bits per heavy atom. The molecule has 0 spiro atoms. The van der Waals surface area contributed by atoms with Crippen molar-refractivity contribution in [2.45, 2.75) is 96.9 Å². The van der Waals surface area contributed by atoms with Gasteiger partial charge in [0.05, 0.1) is 0 Å². The van der Waals surface area contributed by atoms with Crippen molar-refractivity contribution < 1.29 is 15.1 Å². The van der Waals surface area contributed by atoms with E-state index >= 15 is 0 Å². The van der Waals surface area contributed by atoms with E-state index < -0.39 is 0 Å². The van der Waals surface area contributed by atoms with Crippen molar-refractivity contribution in [3.8, 4) is 0 Å². The van der Waals surface area contributed by atoms with Gasteiger partial charge in [0.25, 0.3) is 0 Å². The van der Waals surface area contributed by atoms with E-state index in [1.165, 1.54) is 11.1 Å². The van der Waals surface area contributed by atoms with Crippen LogP contribution in [0.1, 0.15) is 94.2 Å². The number of hydrogen-bond acceptors (Lipinski definition) is 1. The molecule has 0 atom stereocenters. The Labute approximate surface area is 204 Å². The average molecular weight is 486 g/mol. The van der Waals surface area contributed by atoms with E-state index in [0.717, 1.165) is 5.69 Å². The van der Waals surface area contributed by atoms with Crippen molar-refractivity contribution in [1.82, 2.24) is 0 Å². The van der Waals surface area contributed by atoms with Gasteiger partial charge in [0.1, 0.15) is 0 Å². The van der Waals surface area contributed by atoms with Crippen molar-refractivity contribution in [1.29, 1.82) is 0 Å². The van der Waals surface area contributed by atoms with E-state index in [4.69, 9.17) is 9.85 Å². The van der Waals surface area contributed by atoms with E-state index in [1.54, 1.807) is 0 Å². The molecule has 0 amide bonds. The van der Waals surface area contributed by atoms with Crippen molar-refractivity contribution >= 4 is 27.0 Å². The van der Waals surface area contributed by atoms with Crippen molar-refractivity contribution in [3.05, 3.63) is 40.1 Å². The number of hydrogen-bond donors (Lipinski definition) is 0. The Morgan fingerprint density at radius 1 is 0.677 bits per heavy atom. The molecule has 0 heterocycles. The van der Waals surface area contributed by atoms with Gasteiger partial charge in [-0.25, -0.2) is 0 Å². The minimum absolute atomic E-state index is 0.0851. The molecule has 1 rings (SSSR count). The fourth-order valence-electron chi connectivity index (χ4n) is 3.25. The van der Waals surface area contributed by atoms with Gasteiger partial charge in [0.15, 0.2) is 0 Å². The van der Waals surface area contributed by atoms with Crippen molar-refractivity contribution in [2.75, 3.05) is 0 Å². The first kappa shape index (κ1) is 32.4. The maximum absolute atomic E-state index is 9.64. The van der Waals surface area contributed by atoms with E-state index in [0.29, 0.717) is 11.4 Å². The zero-order valence-corrected chi connectivity index (χ0v) is 24.6. The first-order valence-electron chi connectivity index (χ1n) is 10.8. The Bertz CT molecular complexity index is 665. The summed E-state index contributed by atoms with van der Waals surface area (Å²) in [4.78, 5) is 0. The van der Waals surface area contributed by atoms with Crippen LogP contribution in [0.5, 0.6) is 0 Å². The molecule has 1 aromatic rings. The number of nitrogens with zero attached hydrogens (tertiary/aromatic N) is 3. The van der Waals surface area contributed by atoms with Crippen LogP contribution in [0.3, 0.4) is 0 Å². The van der Waals surface area contributed by atoms with Crippen LogP contribution in [0.25, 0.3) is 10.8 Å². The summed E-state index contributed by atoms with van der Waals surface area (Å²) < 4.78 is 4.26. The van der Waals surface area contributed by atoms with Crippen molar-refractivity contribution in [2.24, 2.45) is 25.5 Å². The summed E-state index contributed by atoms with van der Waals surface area (Å²) in [6.45, 7) is 28.4. The predicted molar refractivity (Wildman–Crippen MR) is 138 cm³/mol. The summed E-state index contributed by atoms with van der Waals surface area (Å²) >= 11 is -0.382. The van der Waals surface area contributed by atoms with Gasteiger partial charge in [-0.05, 0) is 21.7 Å². The minimum atomic E-state index is -0.382. The normalized spacial score (nSPS) is 12.5. The van der Waals surface area contributed by atoms with Crippen LogP contribution in [-0.2, 0) is 15.1 Å². The van der Waals surface area contributed by atoms with Gasteiger partial charge in [-0.2, -0.15) is 11.4 Å². The van der Waals surface area contributed by atoms with Crippen LogP contribution >= 0.6 is 9.85 Å². The third-order valence-corrected chi connectivity index (χ3v) is 5.16. The monoisotopic (exact) mass is 485 g/mol. The summed E-state index contributed by atoms with van der Waals surface area (Å²) in [6.07, 6.45) is 0. The molecule has 0 N–H and O–H groups in total. The second-order valence-corrected chi connectivity index (χ2v) is 13.3. The molecule has 0 aliphatic heterocycles. The molecular formula is C26H45ClN3V-2. The number of rotatable bonds is 1. The number of benzene rings is 1. The second kappa shape index (κ2) is 12.5. The zero-order valence-electron chi connectivity index (χ0n) is 22.4. The molecule has 3 nitrogen and oxygen atoms in total. The van der Waals surface area contributed by atoms with Gasteiger partial charge in [0, 0.05) is 0 Å². The Morgan fingerprint density at radius 3 is 1.10 bits per heavy atom. The predicted octanol–water partition coefficient (Wildman–Crippen LogP) is 9.53. The number of halogens is 1. The topological polar surface area (TPSA) is 57.0 Å². The van der Waals surface area contributed by atoms with Gasteiger partial charge in [0.2, 0.25) is 0 Å². The van der Waals surface area contributed by atoms with Gasteiger partial charge in [-0.1, -0.05) is 83.1 Å². The van der Waals surface area contributed by atoms with Crippen LogP contribution in [-0.4, -0.2) is 11.4 Å². The van der Waals surface area contributed by atoms with Gasteiger partial charge < -0.3 is 10.8 Å². The molecule has 0 aliphatic carbocycles. The molecule has 0 saturated carbocycles. The van der Waals surface area contributed by atoms with E-state index in [9.17, 15) is 10.8 Å². The zero-order chi connectivity index (χ0) is 25.4. The summed E-state index contributed by atoms with van der Waals surface area (Å²) in [6, 6.07) is 6.15. The molecular weight excluding hydrogens is 441 g/mol. The van der Waals surface area contributed by atoms with Crippen LogP contribution in [0, 0.1) is 35.5 Å². The molecule has 0 bridgehead atoms. The third kappa shape index (κ3) is 13.4. The summed E-state index contributed by atoms with van der Waals surface area (Å²) in [5.41, 5.74) is 4.29. The molecule has 0 aromatic heterocycles. The fourth-order valence-corrected chi connectivity index (χ4v) is 4.17. The van der Waals surface area contributed by atoms with Crippen molar-refractivity contribution in [3.63, 3.8) is 0 Å². The van der Waals surface area contributed by atoms with Crippen LogP contribution in [0.15, 0.2) is 22.0 Å². The molecule has 178 valence electrons. The molecule has 0 fully saturated rings. The number of aryl methyl sites for hydroxylation is 2. The molecule has 0 saturated heterocycles. The quantitative estimate of drug-likeness (QED) is 0.355. The molecule has 1 aromatic carbocycles. The Kier molecular flexibility index (Phi) is 13.0. The summed E-state index contributed by atoms with van der Waals surface area (Å²) in [5, 5.41) is 19.3. The van der Waals surface area contributed by atoms with E-state index in [-0.39, 0.29) is 36.8 Å². The van der Waals surface area contributed by atoms with Gasteiger partial charge in [-0.15, -0.1) is 0 Å². The Hall–Kier alpha value is -0.766. The van der Waals surface area contributed by atoms with Crippen LogP contribution in [0.4, 0.5) is 5.69 Å². The standard InChI is InChI=1S/2C9H18N.C8H9N.ClH.V/c2*1-8(2,3)7(10)9(4,5)6;1-6-4-3-5-7(2)8(6)9;;/h2*1-6H3;3-5H,1-2H3;1H;/q2*-1;;;+1/p-1. The van der Waals surface area contributed by atoms with Gasteiger partial charge in [-0.3, -0.25) is 0 Å². The molecule has 5 heteroatoms. The van der Waals surface area contributed by atoms with Gasteiger partial charge >= 0.3 is 77.6 Å². The molecule has 0 radical (unpaired) electrons. The fraction of sp³-hybridized carbons (Fsp3) is 0.692. The first-order valence-corrected chi connectivity index (χ1v) is 13.3. The first-order chi connectivity index (χ1) is 13.6. The summed E-state index contributed by atoms with van der Waals surface area (Å²) in [7, 11) is 5.61. The molecule has 0 unspecified atom stereocenters. The van der Waals surface area contributed by atoms with Crippen LogP contribution in [0.2, 0.25) is 0 Å². The van der Waals surface area contributed by atoms with Crippen LogP contribution < -0.4 is 0 Å². The maximum atomic E-state index is 9.64. The van der Waals surface area contributed by atoms with E-state index in [2.05, 4.69) is 29.8 Å².